The normalized spacial score (nSPS) is 15.3. The van der Waals surface area contributed by atoms with E-state index in [2.05, 4.69) is 86.1 Å². The van der Waals surface area contributed by atoms with Crippen molar-refractivity contribution in [2.24, 2.45) is 0 Å². The van der Waals surface area contributed by atoms with Gasteiger partial charge in [-0.25, -0.2) is 0 Å². The van der Waals surface area contributed by atoms with Gasteiger partial charge < -0.3 is 4.48 Å². The molecule has 2 aromatic carbocycles. The Hall–Kier alpha value is -2.48. The van der Waals surface area contributed by atoms with E-state index in [1.54, 1.807) is 0 Å². The first-order valence-corrected chi connectivity index (χ1v) is 9.61. The molecule has 0 N–H and O–H groups in total. The molecule has 1 fully saturated rings. The van der Waals surface area contributed by atoms with Crippen molar-refractivity contribution >= 4 is 0 Å². The van der Waals surface area contributed by atoms with Crippen LogP contribution in [-0.4, -0.2) is 30.7 Å². The first-order chi connectivity index (χ1) is 12.7. The molecule has 0 saturated carbocycles. The van der Waals surface area contributed by atoms with Gasteiger partial charge in [0.25, 0.3) is 0 Å². The average Bonchev–Trinajstić information content (AvgIpc) is 2.66. The number of aryl methyl sites for hydroxylation is 2. The van der Waals surface area contributed by atoms with Crippen LogP contribution in [0.2, 0.25) is 0 Å². The molecule has 1 heteroatoms. The molecule has 1 saturated heterocycles. The first-order valence-electron chi connectivity index (χ1n) is 9.61. The summed E-state index contributed by atoms with van der Waals surface area (Å²) in [7, 11) is 0. The summed E-state index contributed by atoms with van der Waals surface area (Å²) in [5.41, 5.74) is 4.77. The van der Waals surface area contributed by atoms with Crippen LogP contribution in [0.4, 0.5) is 0 Å². The fourth-order valence-electron chi connectivity index (χ4n) is 3.45. The lowest BCUT2D eigenvalue weighted by atomic mass is 10.1. The lowest BCUT2D eigenvalue weighted by Crippen LogP contribution is -2.52. The van der Waals surface area contributed by atoms with Crippen molar-refractivity contribution in [3.05, 3.63) is 70.8 Å². The molecule has 0 amide bonds. The van der Waals surface area contributed by atoms with E-state index >= 15 is 0 Å². The van der Waals surface area contributed by atoms with Gasteiger partial charge in [0.05, 0.1) is 13.1 Å². The second-order valence-electron chi connectivity index (χ2n) is 7.50. The molecular formula is C25H28N+. The van der Waals surface area contributed by atoms with Crippen molar-refractivity contribution in [2.45, 2.75) is 33.1 Å². The molecule has 1 aliphatic heterocycles. The van der Waals surface area contributed by atoms with Gasteiger partial charge in [-0.3, -0.25) is 0 Å². The smallest absolute Gasteiger partial charge is 0.142 e. The maximum atomic E-state index is 3.44. The summed E-state index contributed by atoms with van der Waals surface area (Å²) in [6, 6.07) is 17.0. The average molecular weight is 343 g/mol. The third-order valence-electron chi connectivity index (χ3n) is 5.16. The van der Waals surface area contributed by atoms with Crippen molar-refractivity contribution in [3.8, 4) is 23.7 Å². The maximum Gasteiger partial charge on any atom is 0.142 e. The van der Waals surface area contributed by atoms with Gasteiger partial charge in [0.1, 0.15) is 13.1 Å². The largest absolute Gasteiger partial charge is 0.303 e. The fourth-order valence-corrected chi connectivity index (χ4v) is 3.45. The van der Waals surface area contributed by atoms with E-state index in [1.807, 2.05) is 0 Å². The first kappa shape index (κ1) is 18.3. The number of nitrogens with zero attached hydrogens (tertiary/aromatic N) is 1. The maximum absolute atomic E-state index is 3.44. The Bertz CT molecular complexity index is 762. The molecule has 0 atom stereocenters. The number of hydrogen-bond acceptors (Lipinski definition) is 0. The molecular weight excluding hydrogens is 314 g/mol. The van der Waals surface area contributed by atoms with Gasteiger partial charge in [-0.15, -0.1) is 0 Å². The topological polar surface area (TPSA) is 0 Å². The van der Waals surface area contributed by atoms with Crippen molar-refractivity contribution in [1.29, 1.82) is 0 Å². The van der Waals surface area contributed by atoms with Crippen LogP contribution in [0.15, 0.2) is 48.5 Å². The third kappa shape index (κ3) is 5.26. The number of benzene rings is 2. The second kappa shape index (κ2) is 8.75. The Morgan fingerprint density at radius 2 is 1.08 bits per heavy atom. The quantitative estimate of drug-likeness (QED) is 0.548. The summed E-state index contributed by atoms with van der Waals surface area (Å²) in [5.74, 6) is 13.6. The highest BCUT2D eigenvalue weighted by atomic mass is 15.3. The van der Waals surface area contributed by atoms with E-state index < -0.39 is 0 Å². The van der Waals surface area contributed by atoms with Crippen LogP contribution in [0.3, 0.4) is 0 Å². The summed E-state index contributed by atoms with van der Waals surface area (Å²) in [6.07, 6.45) is 3.92. The molecule has 1 nitrogen and oxygen atoms in total. The van der Waals surface area contributed by atoms with Crippen LogP contribution in [-0.2, 0) is 0 Å². The Morgan fingerprint density at radius 3 is 1.50 bits per heavy atom. The molecule has 1 heterocycles. The number of quaternary nitrogens is 1. The van der Waals surface area contributed by atoms with Gasteiger partial charge in [0.15, 0.2) is 0 Å². The summed E-state index contributed by atoms with van der Waals surface area (Å²) >= 11 is 0. The zero-order valence-corrected chi connectivity index (χ0v) is 16.0. The van der Waals surface area contributed by atoms with Gasteiger partial charge in [0, 0.05) is 11.1 Å². The molecule has 3 rings (SSSR count). The lowest BCUT2D eigenvalue weighted by molar-refractivity contribution is -0.919. The molecule has 1 aliphatic rings. The van der Waals surface area contributed by atoms with Crippen LogP contribution in [0.5, 0.6) is 0 Å². The van der Waals surface area contributed by atoms with Gasteiger partial charge in [0.2, 0.25) is 0 Å². The van der Waals surface area contributed by atoms with E-state index in [0.717, 1.165) is 28.7 Å². The molecule has 2 aromatic rings. The van der Waals surface area contributed by atoms with Crippen LogP contribution < -0.4 is 0 Å². The zero-order valence-electron chi connectivity index (χ0n) is 16.0. The standard InChI is InChI=1S/C25H28N/c1-22-10-14-24(15-11-22)8-6-20-26(18-4-3-5-19-26)21-7-9-25-16-12-23(2)13-17-25/h10-17H,3-5,18-21H2,1-2H3/q+1. The molecule has 0 spiro atoms. The Labute approximate surface area is 158 Å². The number of hydrogen-bond donors (Lipinski definition) is 0. The van der Waals surface area contributed by atoms with Gasteiger partial charge in [-0.2, -0.15) is 0 Å². The molecule has 0 aromatic heterocycles. The van der Waals surface area contributed by atoms with Gasteiger partial charge in [-0.1, -0.05) is 47.2 Å². The van der Waals surface area contributed by atoms with Crippen LogP contribution in [0.25, 0.3) is 0 Å². The van der Waals surface area contributed by atoms with Gasteiger partial charge >= 0.3 is 0 Å². The minimum Gasteiger partial charge on any atom is -0.303 e. The molecule has 0 radical (unpaired) electrons. The Kier molecular flexibility index (Phi) is 6.17. The lowest BCUT2D eigenvalue weighted by Gasteiger charge is -2.38. The highest BCUT2D eigenvalue weighted by Gasteiger charge is 2.27. The molecule has 132 valence electrons. The minimum absolute atomic E-state index is 0.899. The summed E-state index contributed by atoms with van der Waals surface area (Å²) in [4.78, 5) is 0. The predicted octanol–water partition coefficient (Wildman–Crippen LogP) is 4.71. The van der Waals surface area contributed by atoms with Crippen molar-refractivity contribution in [1.82, 2.24) is 0 Å². The second-order valence-corrected chi connectivity index (χ2v) is 7.50. The van der Waals surface area contributed by atoms with Crippen molar-refractivity contribution in [3.63, 3.8) is 0 Å². The highest BCUT2D eigenvalue weighted by Crippen LogP contribution is 2.18. The molecule has 0 unspecified atom stereocenters. The summed E-state index contributed by atoms with van der Waals surface area (Å²) in [6.45, 7) is 8.42. The number of piperidine rings is 1. The number of rotatable bonds is 2. The predicted molar refractivity (Wildman–Crippen MR) is 110 cm³/mol. The van der Waals surface area contributed by atoms with Crippen LogP contribution >= 0.6 is 0 Å². The fraction of sp³-hybridized carbons (Fsp3) is 0.360. The molecule has 0 aliphatic carbocycles. The third-order valence-corrected chi connectivity index (χ3v) is 5.16. The van der Waals surface area contributed by atoms with Crippen molar-refractivity contribution < 1.29 is 4.48 Å². The van der Waals surface area contributed by atoms with Crippen molar-refractivity contribution in [2.75, 3.05) is 26.2 Å². The monoisotopic (exact) mass is 342 g/mol. The summed E-state index contributed by atoms with van der Waals surface area (Å²) < 4.78 is 1.03. The van der Waals surface area contributed by atoms with Crippen LogP contribution in [0, 0.1) is 37.5 Å². The Morgan fingerprint density at radius 1 is 0.654 bits per heavy atom. The minimum atomic E-state index is 0.899. The van der Waals surface area contributed by atoms with E-state index in [0.29, 0.717) is 0 Å². The highest BCUT2D eigenvalue weighted by molar-refractivity contribution is 5.36. The van der Waals surface area contributed by atoms with E-state index in [4.69, 9.17) is 0 Å². The molecule has 0 bridgehead atoms. The zero-order chi connectivity index (χ0) is 18.2. The van der Waals surface area contributed by atoms with E-state index in [1.165, 1.54) is 43.5 Å². The SMILES string of the molecule is Cc1ccc(C#CC[N+]2(CC#Cc3ccc(C)cc3)CCCCC2)cc1. The molecule has 26 heavy (non-hydrogen) atoms. The van der Waals surface area contributed by atoms with E-state index in [9.17, 15) is 0 Å². The van der Waals surface area contributed by atoms with Gasteiger partial charge in [-0.05, 0) is 69.2 Å². The summed E-state index contributed by atoms with van der Waals surface area (Å²) in [5, 5.41) is 0. The number of likely N-dealkylation sites (tertiary alicyclic amines) is 1. The Balaban J connectivity index is 1.68. The van der Waals surface area contributed by atoms with E-state index in [-0.39, 0.29) is 0 Å². The van der Waals surface area contributed by atoms with Crippen LogP contribution in [0.1, 0.15) is 41.5 Å².